The lowest BCUT2D eigenvalue weighted by atomic mass is 9.90. The first kappa shape index (κ1) is 22.7. The van der Waals surface area contributed by atoms with Gasteiger partial charge in [-0.3, -0.25) is 4.79 Å². The van der Waals surface area contributed by atoms with Gasteiger partial charge in [0.1, 0.15) is 23.4 Å². The van der Waals surface area contributed by atoms with Gasteiger partial charge >= 0.3 is 0 Å². The quantitative estimate of drug-likeness (QED) is 0.484. The van der Waals surface area contributed by atoms with Crippen molar-refractivity contribution >= 4 is 5.78 Å². The molecule has 0 aliphatic carbocycles. The molecule has 0 radical (unpaired) electrons. The lowest BCUT2D eigenvalue weighted by Crippen LogP contribution is -2.22. The highest BCUT2D eigenvalue weighted by Gasteiger charge is 2.32. The first-order valence-electron chi connectivity index (χ1n) is 10.7. The van der Waals surface area contributed by atoms with Crippen molar-refractivity contribution in [3.8, 4) is 17.2 Å². The molecular formula is C27H32O4. The summed E-state index contributed by atoms with van der Waals surface area (Å²) < 4.78 is 17.6. The summed E-state index contributed by atoms with van der Waals surface area (Å²) in [6.45, 7) is 8.28. The molecule has 31 heavy (non-hydrogen) atoms. The molecule has 4 heteroatoms. The third-order valence-electron chi connectivity index (χ3n) is 5.47. The minimum atomic E-state index is -0.329. The van der Waals surface area contributed by atoms with Crippen LogP contribution in [0.4, 0.5) is 0 Å². The summed E-state index contributed by atoms with van der Waals surface area (Å²) in [4.78, 5) is 13.2. The van der Waals surface area contributed by atoms with E-state index in [1.165, 1.54) is 11.1 Å². The van der Waals surface area contributed by atoms with Crippen LogP contribution in [0.25, 0.3) is 0 Å². The van der Waals surface area contributed by atoms with Crippen molar-refractivity contribution in [1.82, 2.24) is 0 Å². The molecule has 1 unspecified atom stereocenters. The number of hydrogen-bond donors (Lipinski definition) is 0. The van der Waals surface area contributed by atoms with Gasteiger partial charge in [0.2, 0.25) is 0 Å². The van der Waals surface area contributed by atoms with Crippen LogP contribution in [0.5, 0.6) is 17.2 Å². The first-order chi connectivity index (χ1) is 14.8. The van der Waals surface area contributed by atoms with E-state index in [9.17, 15) is 4.79 Å². The summed E-state index contributed by atoms with van der Waals surface area (Å²) in [6.07, 6.45) is 5.66. The number of ketones is 1. The molecule has 4 nitrogen and oxygen atoms in total. The molecular weight excluding hydrogens is 388 g/mol. The Morgan fingerprint density at radius 1 is 1.00 bits per heavy atom. The van der Waals surface area contributed by atoms with E-state index in [4.69, 9.17) is 14.2 Å². The zero-order valence-electron chi connectivity index (χ0n) is 19.4. The number of carbonyl (C=O) groups excluding carboxylic acids is 1. The largest absolute Gasteiger partial charge is 0.497 e. The van der Waals surface area contributed by atoms with E-state index in [0.717, 1.165) is 34.6 Å². The number of methoxy groups -OCH3 is 2. The van der Waals surface area contributed by atoms with Gasteiger partial charge in [-0.05, 0) is 69.9 Å². The van der Waals surface area contributed by atoms with Gasteiger partial charge in [-0.15, -0.1) is 0 Å². The van der Waals surface area contributed by atoms with Crippen molar-refractivity contribution in [3.63, 3.8) is 0 Å². The van der Waals surface area contributed by atoms with Gasteiger partial charge in [0.05, 0.1) is 26.2 Å². The highest BCUT2D eigenvalue weighted by atomic mass is 16.5. The van der Waals surface area contributed by atoms with Gasteiger partial charge in [-0.1, -0.05) is 35.4 Å². The van der Waals surface area contributed by atoms with E-state index in [2.05, 4.69) is 39.8 Å². The zero-order chi connectivity index (χ0) is 22.5. The molecule has 0 spiro atoms. The summed E-state index contributed by atoms with van der Waals surface area (Å²) in [7, 11) is 3.33. The van der Waals surface area contributed by atoms with Crippen molar-refractivity contribution in [2.75, 3.05) is 14.2 Å². The Kier molecular flexibility index (Phi) is 7.21. The van der Waals surface area contributed by atoms with Gasteiger partial charge in [-0.2, -0.15) is 0 Å². The number of fused-ring (bicyclic) bond motifs is 1. The van der Waals surface area contributed by atoms with E-state index >= 15 is 0 Å². The Morgan fingerprint density at radius 2 is 1.65 bits per heavy atom. The maximum absolute atomic E-state index is 13.2. The van der Waals surface area contributed by atoms with E-state index in [0.29, 0.717) is 24.2 Å². The van der Waals surface area contributed by atoms with Crippen molar-refractivity contribution in [3.05, 3.63) is 75.9 Å². The van der Waals surface area contributed by atoms with Crippen LogP contribution in [-0.2, 0) is 12.8 Å². The van der Waals surface area contributed by atoms with Gasteiger partial charge in [0.25, 0.3) is 0 Å². The maximum Gasteiger partial charge on any atom is 0.170 e. The Balaban J connectivity index is 2.10. The Hall–Kier alpha value is -3.01. The van der Waals surface area contributed by atoms with E-state index in [1.807, 2.05) is 30.3 Å². The van der Waals surface area contributed by atoms with Crippen LogP contribution in [0.3, 0.4) is 0 Å². The Morgan fingerprint density at radius 3 is 2.23 bits per heavy atom. The number of Topliss-reactive ketones (excluding diaryl/α,β-unsaturated/α-hetero) is 1. The fourth-order valence-corrected chi connectivity index (χ4v) is 3.78. The number of benzene rings is 2. The number of rotatable bonds is 7. The van der Waals surface area contributed by atoms with Crippen molar-refractivity contribution in [1.29, 1.82) is 0 Å². The molecule has 164 valence electrons. The SMILES string of the molecule is COc1ccc(C2CC(=O)c3cc(CC=C(C)C)c(OC)c(CC=C(C)C)c3O2)cc1. The van der Waals surface area contributed by atoms with Crippen molar-refractivity contribution in [2.45, 2.75) is 53.1 Å². The van der Waals surface area contributed by atoms with Gasteiger partial charge in [-0.25, -0.2) is 0 Å². The molecule has 2 aromatic carbocycles. The van der Waals surface area contributed by atoms with Crippen molar-refractivity contribution in [2.24, 2.45) is 0 Å². The summed E-state index contributed by atoms with van der Waals surface area (Å²) in [5, 5.41) is 0. The smallest absolute Gasteiger partial charge is 0.170 e. The average molecular weight is 421 g/mol. The van der Waals surface area contributed by atoms with Crippen LogP contribution in [0.2, 0.25) is 0 Å². The number of carbonyl (C=O) groups is 1. The van der Waals surface area contributed by atoms with E-state index in [1.54, 1.807) is 14.2 Å². The molecule has 0 bridgehead atoms. The lowest BCUT2D eigenvalue weighted by Gasteiger charge is -2.29. The van der Waals surface area contributed by atoms with Gasteiger partial charge in [0, 0.05) is 5.56 Å². The molecule has 1 atom stereocenters. The normalized spacial score (nSPS) is 14.9. The third kappa shape index (κ3) is 5.19. The maximum atomic E-state index is 13.2. The highest BCUT2D eigenvalue weighted by Crippen LogP contribution is 2.44. The molecule has 0 aromatic heterocycles. The van der Waals surface area contributed by atoms with Crippen LogP contribution in [0.1, 0.15) is 67.3 Å². The molecule has 3 rings (SSSR count). The van der Waals surface area contributed by atoms with Gasteiger partial charge < -0.3 is 14.2 Å². The molecule has 0 amide bonds. The molecule has 0 saturated heterocycles. The summed E-state index contributed by atoms with van der Waals surface area (Å²) in [5.41, 5.74) is 6.00. The van der Waals surface area contributed by atoms with Crippen LogP contribution >= 0.6 is 0 Å². The Bertz CT molecular complexity index is 1000. The summed E-state index contributed by atoms with van der Waals surface area (Å²) in [6, 6.07) is 9.65. The van der Waals surface area contributed by atoms with E-state index < -0.39 is 0 Å². The third-order valence-corrected chi connectivity index (χ3v) is 5.47. The predicted molar refractivity (Wildman–Crippen MR) is 125 cm³/mol. The second-order valence-electron chi connectivity index (χ2n) is 8.40. The van der Waals surface area contributed by atoms with Crippen LogP contribution in [-0.4, -0.2) is 20.0 Å². The fraction of sp³-hybridized carbons (Fsp3) is 0.370. The number of allylic oxidation sites excluding steroid dienone is 4. The first-order valence-corrected chi connectivity index (χ1v) is 10.7. The topological polar surface area (TPSA) is 44.8 Å². The number of ether oxygens (including phenoxy) is 3. The second kappa shape index (κ2) is 9.86. The molecule has 0 saturated carbocycles. The van der Waals surface area contributed by atoms with Crippen LogP contribution in [0.15, 0.2) is 53.6 Å². The molecule has 2 aromatic rings. The van der Waals surface area contributed by atoms with Gasteiger partial charge in [0.15, 0.2) is 5.78 Å². The van der Waals surface area contributed by atoms with Crippen LogP contribution in [0, 0.1) is 0 Å². The predicted octanol–water partition coefficient (Wildman–Crippen LogP) is 6.43. The second-order valence-corrected chi connectivity index (χ2v) is 8.40. The summed E-state index contributed by atoms with van der Waals surface area (Å²) in [5.74, 6) is 2.33. The zero-order valence-corrected chi connectivity index (χ0v) is 19.4. The molecule has 0 fully saturated rings. The summed E-state index contributed by atoms with van der Waals surface area (Å²) >= 11 is 0. The van der Waals surface area contributed by atoms with Crippen molar-refractivity contribution < 1.29 is 19.0 Å². The molecule has 1 aliphatic heterocycles. The fourth-order valence-electron chi connectivity index (χ4n) is 3.78. The average Bonchev–Trinajstić information content (AvgIpc) is 2.75. The standard InChI is InChI=1S/C27H32O4/c1-17(2)7-9-20-15-23-24(28)16-25(19-10-12-21(29-5)13-11-19)31-27(23)22(26(20)30-6)14-8-18(3)4/h7-8,10-13,15,25H,9,14,16H2,1-6H3. The highest BCUT2D eigenvalue weighted by molar-refractivity contribution is 6.01. The van der Waals surface area contributed by atoms with E-state index in [-0.39, 0.29) is 11.9 Å². The Labute approximate surface area is 185 Å². The number of hydrogen-bond acceptors (Lipinski definition) is 4. The molecule has 1 heterocycles. The monoisotopic (exact) mass is 420 g/mol. The lowest BCUT2D eigenvalue weighted by molar-refractivity contribution is 0.0847. The molecule has 0 N–H and O–H groups in total. The minimum Gasteiger partial charge on any atom is -0.497 e. The minimum absolute atomic E-state index is 0.0987. The van der Waals surface area contributed by atoms with Crippen LogP contribution < -0.4 is 14.2 Å². The molecule has 1 aliphatic rings.